The van der Waals surface area contributed by atoms with E-state index in [2.05, 4.69) is 46.0 Å². The Labute approximate surface area is 102 Å². The maximum Gasteiger partial charge on any atom is 0.0795 e. The lowest BCUT2D eigenvalue weighted by atomic mass is 9.73. The molecule has 1 aliphatic rings. The average molecular weight is 313 g/mol. The molecule has 15 heavy (non-hydrogen) atoms. The summed E-state index contributed by atoms with van der Waals surface area (Å²) in [5, 5.41) is 4.30. The molecule has 2 heterocycles. The molecule has 0 spiro atoms. The van der Waals surface area contributed by atoms with Crippen LogP contribution in [0.3, 0.4) is 0 Å². The second-order valence-electron chi connectivity index (χ2n) is 4.25. The summed E-state index contributed by atoms with van der Waals surface area (Å²) in [6.45, 7) is 0. The lowest BCUT2D eigenvalue weighted by Crippen LogP contribution is -2.43. The van der Waals surface area contributed by atoms with Crippen LogP contribution in [0.4, 0.5) is 0 Å². The van der Waals surface area contributed by atoms with Gasteiger partial charge in [-0.25, -0.2) is 4.52 Å². The molecule has 1 saturated carbocycles. The van der Waals surface area contributed by atoms with Crippen molar-refractivity contribution in [3.8, 4) is 0 Å². The van der Waals surface area contributed by atoms with Gasteiger partial charge in [0.05, 0.1) is 15.3 Å². The molecule has 2 aromatic rings. The van der Waals surface area contributed by atoms with E-state index in [-0.39, 0.29) is 5.54 Å². The lowest BCUT2D eigenvalue weighted by Gasteiger charge is -2.38. The first-order valence-electron chi connectivity index (χ1n) is 5.11. The van der Waals surface area contributed by atoms with Crippen molar-refractivity contribution >= 4 is 28.1 Å². The highest BCUT2D eigenvalue weighted by atomic mass is 127. The molecule has 3 nitrogen and oxygen atoms in total. The molecule has 4 heteroatoms. The molecule has 78 valence electrons. The summed E-state index contributed by atoms with van der Waals surface area (Å²) in [4.78, 5) is 0. The summed E-state index contributed by atoms with van der Waals surface area (Å²) in [7, 11) is 0. The van der Waals surface area contributed by atoms with Gasteiger partial charge >= 0.3 is 0 Å². The van der Waals surface area contributed by atoms with Crippen molar-refractivity contribution in [3.05, 3.63) is 33.7 Å². The lowest BCUT2D eigenvalue weighted by molar-refractivity contribution is 0.252. The Morgan fingerprint density at radius 2 is 2.20 bits per heavy atom. The second-order valence-corrected chi connectivity index (χ2v) is 5.41. The monoisotopic (exact) mass is 313 g/mol. The van der Waals surface area contributed by atoms with Gasteiger partial charge in [-0.1, -0.05) is 6.07 Å². The van der Waals surface area contributed by atoms with Crippen molar-refractivity contribution in [2.24, 2.45) is 5.73 Å². The minimum atomic E-state index is -0.0917. The zero-order valence-electron chi connectivity index (χ0n) is 8.28. The zero-order valence-corrected chi connectivity index (χ0v) is 10.4. The number of halogens is 1. The number of nitrogens with zero attached hydrogens (tertiary/aromatic N) is 2. The van der Waals surface area contributed by atoms with E-state index in [1.807, 2.05) is 10.7 Å². The van der Waals surface area contributed by atoms with Crippen molar-refractivity contribution in [1.29, 1.82) is 0 Å². The van der Waals surface area contributed by atoms with Gasteiger partial charge in [-0.3, -0.25) is 0 Å². The third-order valence-corrected chi connectivity index (χ3v) is 4.12. The molecule has 3 rings (SSSR count). The summed E-state index contributed by atoms with van der Waals surface area (Å²) in [5.74, 6) is 0. The van der Waals surface area contributed by atoms with Gasteiger partial charge in [0, 0.05) is 11.7 Å². The van der Waals surface area contributed by atoms with Gasteiger partial charge in [-0.2, -0.15) is 5.10 Å². The topological polar surface area (TPSA) is 43.3 Å². The van der Waals surface area contributed by atoms with E-state index in [1.54, 1.807) is 0 Å². The van der Waals surface area contributed by atoms with E-state index >= 15 is 0 Å². The first kappa shape index (κ1) is 9.59. The summed E-state index contributed by atoms with van der Waals surface area (Å²) in [5.41, 5.74) is 8.55. The highest BCUT2D eigenvalue weighted by Crippen LogP contribution is 2.38. The first-order valence-corrected chi connectivity index (χ1v) is 6.19. The van der Waals surface area contributed by atoms with E-state index in [0.29, 0.717) is 0 Å². The molecule has 0 aromatic carbocycles. The van der Waals surface area contributed by atoms with Gasteiger partial charge in [-0.15, -0.1) is 0 Å². The number of hydrogen-bond acceptors (Lipinski definition) is 2. The van der Waals surface area contributed by atoms with Crippen LogP contribution in [-0.4, -0.2) is 9.61 Å². The van der Waals surface area contributed by atoms with Gasteiger partial charge in [0.2, 0.25) is 0 Å². The highest BCUT2D eigenvalue weighted by Gasteiger charge is 2.34. The van der Waals surface area contributed by atoms with Gasteiger partial charge in [-0.05, 0) is 53.5 Å². The quantitative estimate of drug-likeness (QED) is 0.821. The van der Waals surface area contributed by atoms with Crippen LogP contribution in [-0.2, 0) is 5.54 Å². The number of fused-ring (bicyclic) bond motifs is 1. The Kier molecular flexibility index (Phi) is 2.04. The fourth-order valence-corrected chi connectivity index (χ4v) is 2.65. The van der Waals surface area contributed by atoms with Crippen LogP contribution < -0.4 is 5.73 Å². The number of pyridine rings is 1. The van der Waals surface area contributed by atoms with Crippen molar-refractivity contribution < 1.29 is 0 Å². The van der Waals surface area contributed by atoms with E-state index in [1.165, 1.54) is 15.6 Å². The Bertz CT molecular complexity index is 514. The molecule has 0 saturated heterocycles. The predicted molar refractivity (Wildman–Crippen MR) is 67.6 cm³/mol. The molecule has 1 aliphatic carbocycles. The summed E-state index contributed by atoms with van der Waals surface area (Å²) < 4.78 is 3.10. The van der Waals surface area contributed by atoms with Crippen molar-refractivity contribution in [2.75, 3.05) is 0 Å². The number of rotatable bonds is 1. The maximum atomic E-state index is 6.28. The number of nitrogens with two attached hydrogens (primary N) is 1. The highest BCUT2D eigenvalue weighted by molar-refractivity contribution is 14.1. The fourth-order valence-electron chi connectivity index (χ4n) is 2.09. The molecule has 0 radical (unpaired) electrons. The summed E-state index contributed by atoms with van der Waals surface area (Å²) >= 11 is 2.29. The molecule has 0 bridgehead atoms. The average Bonchev–Trinajstić information content (AvgIpc) is 2.56. The van der Waals surface area contributed by atoms with Crippen molar-refractivity contribution in [3.63, 3.8) is 0 Å². The van der Waals surface area contributed by atoms with Crippen LogP contribution in [0.5, 0.6) is 0 Å². The third-order valence-electron chi connectivity index (χ3n) is 3.29. The van der Waals surface area contributed by atoms with Crippen LogP contribution in [0.2, 0.25) is 0 Å². The van der Waals surface area contributed by atoms with Gasteiger partial charge < -0.3 is 5.73 Å². The van der Waals surface area contributed by atoms with Crippen LogP contribution in [0.1, 0.15) is 24.8 Å². The smallest absolute Gasteiger partial charge is 0.0795 e. The molecular formula is C11H12IN3. The van der Waals surface area contributed by atoms with E-state index in [0.717, 1.165) is 18.4 Å². The summed E-state index contributed by atoms with van der Waals surface area (Å²) in [6, 6.07) is 4.25. The normalized spacial score (nSPS) is 19.1. The minimum absolute atomic E-state index is 0.0917. The van der Waals surface area contributed by atoms with Gasteiger partial charge in [0.25, 0.3) is 0 Å². The second kappa shape index (κ2) is 3.18. The largest absolute Gasteiger partial charge is 0.321 e. The fraction of sp³-hybridized carbons (Fsp3) is 0.364. The van der Waals surface area contributed by atoms with Crippen LogP contribution in [0.15, 0.2) is 24.5 Å². The maximum absolute atomic E-state index is 6.28. The van der Waals surface area contributed by atoms with Crippen LogP contribution in [0.25, 0.3) is 5.52 Å². The predicted octanol–water partition coefficient (Wildman–Crippen LogP) is 2.28. The molecule has 0 unspecified atom stereocenters. The Morgan fingerprint density at radius 3 is 2.87 bits per heavy atom. The van der Waals surface area contributed by atoms with Crippen molar-refractivity contribution in [2.45, 2.75) is 24.8 Å². The molecule has 0 amide bonds. The molecule has 2 N–H and O–H groups in total. The Hall–Kier alpha value is -0.620. The number of aromatic nitrogens is 2. The standard InChI is InChI=1S/C11H12IN3/c12-9-6-14-15-7-8(2-3-10(9)15)11(13)4-1-5-11/h2-3,6-7H,1,4-5,13H2. The Morgan fingerprint density at radius 1 is 1.40 bits per heavy atom. The van der Waals surface area contributed by atoms with E-state index in [4.69, 9.17) is 5.73 Å². The molecule has 0 atom stereocenters. The van der Waals surface area contributed by atoms with Crippen molar-refractivity contribution in [1.82, 2.24) is 9.61 Å². The zero-order chi connectivity index (χ0) is 10.5. The van der Waals surface area contributed by atoms with Gasteiger partial charge in [0.15, 0.2) is 0 Å². The first-order chi connectivity index (χ1) is 7.19. The van der Waals surface area contributed by atoms with E-state index in [9.17, 15) is 0 Å². The molecule has 1 fully saturated rings. The number of hydrogen-bond donors (Lipinski definition) is 1. The van der Waals surface area contributed by atoms with Gasteiger partial charge in [0.1, 0.15) is 0 Å². The molecule has 0 aliphatic heterocycles. The summed E-state index contributed by atoms with van der Waals surface area (Å²) in [6.07, 6.45) is 7.37. The molecule has 2 aromatic heterocycles. The third kappa shape index (κ3) is 1.38. The minimum Gasteiger partial charge on any atom is -0.321 e. The SMILES string of the molecule is NC1(c2ccc3c(I)cnn3c2)CCC1. The van der Waals surface area contributed by atoms with Crippen LogP contribution >= 0.6 is 22.6 Å². The molecular weight excluding hydrogens is 301 g/mol. The van der Waals surface area contributed by atoms with Crippen LogP contribution in [0, 0.1) is 3.57 Å². The Balaban J connectivity index is 2.14. The van der Waals surface area contributed by atoms with E-state index < -0.39 is 0 Å².